The Balaban J connectivity index is 1.79. The largest absolute Gasteiger partial charge is 0.342 e. The summed E-state index contributed by atoms with van der Waals surface area (Å²) in [7, 11) is -3.30. The lowest BCUT2D eigenvalue weighted by Gasteiger charge is -2.33. The smallest absolute Gasteiger partial charge is 0.240 e. The molecule has 1 aromatic carbocycles. The van der Waals surface area contributed by atoms with Gasteiger partial charge >= 0.3 is 0 Å². The Morgan fingerprint density at radius 2 is 1.82 bits per heavy atom. The third-order valence-electron chi connectivity index (χ3n) is 4.60. The summed E-state index contributed by atoms with van der Waals surface area (Å²) in [6.07, 6.45) is 5.26. The average Bonchev–Trinajstić information content (AvgIpc) is 2.52. The molecule has 1 heterocycles. The lowest BCUT2D eigenvalue weighted by Crippen LogP contribution is -2.45. The highest BCUT2D eigenvalue weighted by molar-refractivity contribution is 7.92. The zero-order valence-electron chi connectivity index (χ0n) is 13.4. The van der Waals surface area contributed by atoms with Crippen LogP contribution in [-0.2, 0) is 21.1 Å². The Hall–Kier alpha value is -1.36. The number of carbonyl (C=O) groups excluding carboxylic acids is 1. The van der Waals surface area contributed by atoms with Crippen LogP contribution in [0.25, 0.3) is 0 Å². The summed E-state index contributed by atoms with van der Waals surface area (Å²) < 4.78 is 23.0. The normalized spacial score (nSPS) is 18.2. The van der Waals surface area contributed by atoms with Crippen molar-refractivity contribution in [2.24, 2.45) is 5.92 Å². The number of amides is 1. The van der Waals surface area contributed by atoms with Crippen molar-refractivity contribution in [1.29, 1.82) is 0 Å². The fraction of sp³-hybridized carbons (Fsp3) is 0.588. The summed E-state index contributed by atoms with van der Waals surface area (Å²) in [5.74, 6) is 0.377. The second-order valence-corrected chi connectivity index (χ2v) is 8.63. The molecule has 0 aliphatic carbocycles. The van der Waals surface area contributed by atoms with E-state index in [0.717, 1.165) is 31.9 Å². The van der Waals surface area contributed by atoms with Crippen LogP contribution in [-0.4, -0.2) is 43.8 Å². The standard InChI is InChI=1S/C17H25NO3S/c1-14(22(2,20)21)17(19)18-12-10-16(11-13-18)9-8-15-6-4-3-5-7-15/h3-7,14,16H,8-13H2,1-2H3/t14-/m1/s1. The van der Waals surface area contributed by atoms with E-state index >= 15 is 0 Å². The third kappa shape index (κ3) is 4.57. The fourth-order valence-electron chi connectivity index (χ4n) is 2.90. The van der Waals surface area contributed by atoms with Gasteiger partial charge in [-0.3, -0.25) is 4.79 Å². The number of hydrogen-bond acceptors (Lipinski definition) is 3. The highest BCUT2D eigenvalue weighted by Gasteiger charge is 2.30. The van der Waals surface area contributed by atoms with Crippen LogP contribution in [0.5, 0.6) is 0 Å². The molecule has 1 aliphatic rings. The van der Waals surface area contributed by atoms with Gasteiger partial charge in [0.15, 0.2) is 9.84 Å². The summed E-state index contributed by atoms with van der Waals surface area (Å²) in [4.78, 5) is 13.9. The molecule has 0 radical (unpaired) electrons. The van der Waals surface area contributed by atoms with E-state index in [4.69, 9.17) is 0 Å². The molecule has 5 heteroatoms. The summed E-state index contributed by atoms with van der Waals surface area (Å²) in [6, 6.07) is 10.4. The van der Waals surface area contributed by atoms with Crippen LogP contribution in [0.2, 0.25) is 0 Å². The van der Waals surface area contributed by atoms with E-state index in [9.17, 15) is 13.2 Å². The minimum absolute atomic E-state index is 0.246. The molecule has 1 aromatic rings. The molecule has 0 spiro atoms. The molecular weight excluding hydrogens is 298 g/mol. The Labute approximate surface area is 133 Å². The quantitative estimate of drug-likeness (QED) is 0.835. The Morgan fingerprint density at radius 1 is 1.23 bits per heavy atom. The first kappa shape index (κ1) is 17.0. The zero-order valence-corrected chi connectivity index (χ0v) is 14.2. The molecule has 0 bridgehead atoms. The molecule has 1 atom stereocenters. The number of hydrogen-bond donors (Lipinski definition) is 0. The molecule has 0 aromatic heterocycles. The van der Waals surface area contributed by atoms with E-state index in [0.29, 0.717) is 19.0 Å². The van der Waals surface area contributed by atoms with Gasteiger partial charge < -0.3 is 4.90 Å². The molecule has 0 unspecified atom stereocenters. The van der Waals surface area contributed by atoms with Gasteiger partial charge in [0, 0.05) is 19.3 Å². The predicted molar refractivity (Wildman–Crippen MR) is 88.4 cm³/mol. The SMILES string of the molecule is C[C@H](C(=O)N1CCC(CCc2ccccc2)CC1)S(C)(=O)=O. The van der Waals surface area contributed by atoms with Crippen molar-refractivity contribution in [2.45, 2.75) is 37.9 Å². The minimum Gasteiger partial charge on any atom is -0.342 e. The summed E-state index contributed by atoms with van der Waals surface area (Å²) in [5, 5.41) is -0.923. The van der Waals surface area contributed by atoms with Crippen molar-refractivity contribution in [3.63, 3.8) is 0 Å². The van der Waals surface area contributed by atoms with Gasteiger partial charge in [-0.05, 0) is 44.1 Å². The van der Waals surface area contributed by atoms with Gasteiger partial charge in [0.2, 0.25) is 5.91 Å². The number of aryl methyl sites for hydroxylation is 1. The second-order valence-electron chi connectivity index (χ2n) is 6.26. The van der Waals surface area contributed by atoms with Crippen LogP contribution in [0.3, 0.4) is 0 Å². The first-order chi connectivity index (χ1) is 10.4. The van der Waals surface area contributed by atoms with E-state index in [-0.39, 0.29) is 5.91 Å². The number of nitrogens with zero attached hydrogens (tertiary/aromatic N) is 1. The van der Waals surface area contributed by atoms with E-state index < -0.39 is 15.1 Å². The molecular formula is C17H25NO3S. The number of rotatable bonds is 5. The maximum Gasteiger partial charge on any atom is 0.240 e. The van der Waals surface area contributed by atoms with Crippen molar-refractivity contribution in [2.75, 3.05) is 19.3 Å². The van der Waals surface area contributed by atoms with Gasteiger partial charge in [0.1, 0.15) is 5.25 Å². The number of sulfone groups is 1. The lowest BCUT2D eigenvalue weighted by atomic mass is 9.90. The maximum atomic E-state index is 12.2. The van der Waals surface area contributed by atoms with Crippen LogP contribution < -0.4 is 0 Å². The molecule has 1 saturated heterocycles. The molecule has 122 valence electrons. The fourth-order valence-corrected chi connectivity index (χ4v) is 3.41. The summed E-state index contributed by atoms with van der Waals surface area (Å²) >= 11 is 0. The molecule has 4 nitrogen and oxygen atoms in total. The summed E-state index contributed by atoms with van der Waals surface area (Å²) in [6.45, 7) is 2.84. The van der Waals surface area contributed by atoms with E-state index in [1.54, 1.807) is 4.90 Å². The van der Waals surface area contributed by atoms with Crippen molar-refractivity contribution in [1.82, 2.24) is 4.90 Å². The van der Waals surface area contributed by atoms with Crippen molar-refractivity contribution in [3.05, 3.63) is 35.9 Å². The monoisotopic (exact) mass is 323 g/mol. The number of piperidine rings is 1. The van der Waals surface area contributed by atoms with Gasteiger partial charge in [-0.25, -0.2) is 8.42 Å². The van der Waals surface area contributed by atoms with Crippen LogP contribution in [0.4, 0.5) is 0 Å². The molecule has 0 N–H and O–H groups in total. The van der Waals surface area contributed by atoms with Crippen LogP contribution in [0.15, 0.2) is 30.3 Å². The third-order valence-corrected chi connectivity index (χ3v) is 6.09. The van der Waals surface area contributed by atoms with Gasteiger partial charge in [0.25, 0.3) is 0 Å². The van der Waals surface area contributed by atoms with Crippen LogP contribution in [0.1, 0.15) is 31.7 Å². The summed E-state index contributed by atoms with van der Waals surface area (Å²) in [5.41, 5.74) is 1.35. The maximum absolute atomic E-state index is 12.2. The van der Waals surface area contributed by atoms with Crippen LogP contribution >= 0.6 is 0 Å². The number of benzene rings is 1. The molecule has 0 saturated carbocycles. The molecule has 1 aliphatic heterocycles. The van der Waals surface area contributed by atoms with Gasteiger partial charge in [-0.2, -0.15) is 0 Å². The number of likely N-dealkylation sites (tertiary alicyclic amines) is 1. The number of carbonyl (C=O) groups is 1. The Kier molecular flexibility index (Phi) is 5.62. The van der Waals surface area contributed by atoms with Gasteiger partial charge in [-0.1, -0.05) is 30.3 Å². The lowest BCUT2D eigenvalue weighted by molar-refractivity contribution is -0.131. The first-order valence-electron chi connectivity index (χ1n) is 7.89. The molecule has 22 heavy (non-hydrogen) atoms. The topological polar surface area (TPSA) is 54.5 Å². The Bertz CT molecular complexity index is 590. The molecule has 1 fully saturated rings. The molecule has 2 rings (SSSR count). The average molecular weight is 323 g/mol. The van der Waals surface area contributed by atoms with Crippen molar-refractivity contribution < 1.29 is 13.2 Å². The highest BCUT2D eigenvalue weighted by Crippen LogP contribution is 2.23. The van der Waals surface area contributed by atoms with Crippen molar-refractivity contribution >= 4 is 15.7 Å². The Morgan fingerprint density at radius 3 is 2.36 bits per heavy atom. The second kappa shape index (κ2) is 7.27. The van der Waals surface area contributed by atoms with Gasteiger partial charge in [0.05, 0.1) is 0 Å². The van der Waals surface area contributed by atoms with Crippen molar-refractivity contribution in [3.8, 4) is 0 Å². The van der Waals surface area contributed by atoms with E-state index in [2.05, 4.69) is 24.3 Å². The predicted octanol–water partition coefficient (Wildman–Crippen LogP) is 2.29. The van der Waals surface area contributed by atoms with E-state index in [1.807, 2.05) is 6.07 Å². The van der Waals surface area contributed by atoms with Crippen LogP contribution in [0, 0.1) is 5.92 Å². The minimum atomic E-state index is -3.30. The first-order valence-corrected chi connectivity index (χ1v) is 9.85. The molecule has 1 amide bonds. The highest BCUT2D eigenvalue weighted by atomic mass is 32.2. The van der Waals surface area contributed by atoms with E-state index in [1.165, 1.54) is 12.5 Å². The van der Waals surface area contributed by atoms with Gasteiger partial charge in [-0.15, -0.1) is 0 Å². The zero-order chi connectivity index (χ0) is 16.2.